The Morgan fingerprint density at radius 2 is 1.93 bits per heavy atom. The molecule has 0 spiro atoms. The van der Waals surface area contributed by atoms with E-state index < -0.39 is 17.1 Å². The van der Waals surface area contributed by atoms with Gasteiger partial charge in [0.25, 0.3) is 5.69 Å². The number of rotatable bonds is 7. The van der Waals surface area contributed by atoms with Crippen LogP contribution in [0, 0.1) is 10.1 Å². The summed E-state index contributed by atoms with van der Waals surface area (Å²) in [5, 5.41) is 16.4. The monoisotopic (exact) mass is 397 g/mol. The Morgan fingerprint density at radius 3 is 2.57 bits per heavy atom. The second-order valence-corrected chi connectivity index (χ2v) is 6.87. The molecule has 7 nitrogen and oxygen atoms in total. The Labute approximate surface area is 166 Å². The number of hydrogen-bond donors (Lipinski definition) is 1. The van der Waals surface area contributed by atoms with E-state index in [9.17, 15) is 14.9 Å². The van der Waals surface area contributed by atoms with E-state index in [0.29, 0.717) is 6.42 Å². The van der Waals surface area contributed by atoms with Crippen LogP contribution in [0.5, 0.6) is 0 Å². The van der Waals surface area contributed by atoms with Crippen LogP contribution in [-0.4, -0.2) is 22.6 Å². The van der Waals surface area contributed by atoms with Gasteiger partial charge in [-0.2, -0.15) is 0 Å². The molecule has 0 bridgehead atoms. The van der Waals surface area contributed by atoms with Crippen molar-refractivity contribution >= 4 is 23.1 Å². The van der Waals surface area contributed by atoms with Crippen molar-refractivity contribution in [3.05, 3.63) is 80.7 Å². The average molecular weight is 397 g/mol. The molecule has 0 aliphatic heterocycles. The van der Waals surface area contributed by atoms with Crippen molar-refractivity contribution in [2.24, 2.45) is 0 Å². The lowest BCUT2D eigenvalue weighted by atomic mass is 10.1. The number of nitrogens with zero attached hydrogens (tertiary/aromatic N) is 2. The summed E-state index contributed by atoms with van der Waals surface area (Å²) in [7, 11) is 0. The standard InChI is InChI=1S/C20H19N3O4S/c1-2-27-20(24)22-17(12-14-8-10-16(11-9-14)23(25)26)19-21-18(13-28-19)15-6-4-3-5-7-15/h3-11,13,17H,2,12H2,1H3,(H,22,24)/t17-/m0/s1. The molecule has 2 aromatic carbocycles. The molecular formula is C20H19N3O4S. The number of nitro benzene ring substituents is 1. The number of thiazole rings is 1. The van der Waals surface area contributed by atoms with Gasteiger partial charge in [0.05, 0.1) is 23.3 Å². The number of alkyl carbamates (subject to hydrolysis) is 1. The van der Waals surface area contributed by atoms with E-state index >= 15 is 0 Å². The smallest absolute Gasteiger partial charge is 0.407 e. The molecule has 0 saturated heterocycles. The minimum Gasteiger partial charge on any atom is -0.450 e. The predicted octanol–water partition coefficient (Wildman–Crippen LogP) is 4.75. The summed E-state index contributed by atoms with van der Waals surface area (Å²) in [6, 6.07) is 15.7. The highest BCUT2D eigenvalue weighted by Crippen LogP contribution is 2.28. The van der Waals surface area contributed by atoms with Gasteiger partial charge in [-0.15, -0.1) is 11.3 Å². The summed E-state index contributed by atoms with van der Waals surface area (Å²) in [4.78, 5) is 27.1. The molecule has 8 heteroatoms. The number of benzene rings is 2. The number of carbonyl (C=O) groups excluding carboxylic acids is 1. The third kappa shape index (κ3) is 4.92. The highest BCUT2D eigenvalue weighted by Gasteiger charge is 2.20. The fourth-order valence-corrected chi connectivity index (χ4v) is 3.57. The van der Waals surface area contributed by atoms with Gasteiger partial charge in [-0.3, -0.25) is 10.1 Å². The van der Waals surface area contributed by atoms with Crippen LogP contribution < -0.4 is 5.32 Å². The molecule has 3 aromatic rings. The molecule has 144 valence electrons. The fraction of sp³-hybridized carbons (Fsp3) is 0.200. The van der Waals surface area contributed by atoms with Gasteiger partial charge >= 0.3 is 6.09 Å². The number of hydrogen-bond acceptors (Lipinski definition) is 6. The van der Waals surface area contributed by atoms with E-state index in [1.807, 2.05) is 35.7 Å². The molecule has 1 N–H and O–H groups in total. The second kappa shape index (κ2) is 9.09. The molecule has 1 heterocycles. The molecule has 0 aliphatic rings. The van der Waals surface area contributed by atoms with Crippen molar-refractivity contribution < 1.29 is 14.5 Å². The van der Waals surface area contributed by atoms with E-state index in [-0.39, 0.29) is 12.3 Å². The molecule has 0 saturated carbocycles. The summed E-state index contributed by atoms with van der Waals surface area (Å²) in [6.45, 7) is 2.00. The zero-order chi connectivity index (χ0) is 19.9. The zero-order valence-electron chi connectivity index (χ0n) is 15.2. The first-order chi connectivity index (χ1) is 13.6. The molecule has 0 radical (unpaired) electrons. The van der Waals surface area contributed by atoms with Gasteiger partial charge in [0, 0.05) is 23.1 Å². The zero-order valence-corrected chi connectivity index (χ0v) is 16.0. The van der Waals surface area contributed by atoms with E-state index in [4.69, 9.17) is 4.74 Å². The van der Waals surface area contributed by atoms with E-state index in [2.05, 4.69) is 10.3 Å². The minimum absolute atomic E-state index is 0.0271. The van der Waals surface area contributed by atoms with Gasteiger partial charge in [-0.1, -0.05) is 42.5 Å². The SMILES string of the molecule is CCOC(=O)N[C@@H](Cc1ccc([N+](=O)[O-])cc1)c1nc(-c2ccccc2)cs1. The summed E-state index contributed by atoms with van der Waals surface area (Å²) < 4.78 is 5.01. The van der Waals surface area contributed by atoms with Gasteiger partial charge in [0.2, 0.25) is 0 Å². The maximum atomic E-state index is 12.0. The van der Waals surface area contributed by atoms with Gasteiger partial charge in [-0.05, 0) is 18.9 Å². The molecular weight excluding hydrogens is 378 g/mol. The van der Waals surface area contributed by atoms with Crippen LogP contribution in [0.25, 0.3) is 11.3 Å². The van der Waals surface area contributed by atoms with Crippen LogP contribution >= 0.6 is 11.3 Å². The molecule has 3 rings (SSSR count). The first-order valence-electron chi connectivity index (χ1n) is 8.74. The maximum Gasteiger partial charge on any atom is 0.407 e. The Balaban J connectivity index is 1.83. The van der Waals surface area contributed by atoms with E-state index in [0.717, 1.165) is 21.8 Å². The Hall–Kier alpha value is -3.26. The van der Waals surface area contributed by atoms with Gasteiger partial charge < -0.3 is 10.1 Å². The third-order valence-electron chi connectivity index (χ3n) is 4.04. The Morgan fingerprint density at radius 1 is 1.21 bits per heavy atom. The van der Waals surface area contributed by atoms with E-state index in [1.54, 1.807) is 19.1 Å². The Kier molecular flexibility index (Phi) is 6.33. The third-order valence-corrected chi connectivity index (χ3v) is 5.00. The van der Waals surface area contributed by atoms with Crippen molar-refractivity contribution in [3.8, 4) is 11.3 Å². The van der Waals surface area contributed by atoms with Gasteiger partial charge in [0.15, 0.2) is 0 Å². The number of ether oxygens (including phenoxy) is 1. The van der Waals surface area contributed by atoms with Crippen molar-refractivity contribution in [3.63, 3.8) is 0 Å². The number of non-ortho nitro benzene ring substituents is 1. The molecule has 1 atom stereocenters. The molecule has 0 unspecified atom stereocenters. The number of aromatic nitrogens is 1. The van der Waals surface area contributed by atoms with E-state index in [1.165, 1.54) is 23.5 Å². The summed E-state index contributed by atoms with van der Waals surface area (Å²) >= 11 is 1.45. The van der Waals surface area contributed by atoms with Gasteiger partial charge in [-0.25, -0.2) is 9.78 Å². The lowest BCUT2D eigenvalue weighted by Gasteiger charge is -2.16. The lowest BCUT2D eigenvalue weighted by molar-refractivity contribution is -0.384. The quantitative estimate of drug-likeness (QED) is 0.459. The topological polar surface area (TPSA) is 94.4 Å². The van der Waals surface area contributed by atoms with Crippen molar-refractivity contribution in [2.45, 2.75) is 19.4 Å². The highest BCUT2D eigenvalue weighted by atomic mass is 32.1. The summed E-state index contributed by atoms with van der Waals surface area (Å²) in [6.07, 6.45) is -0.0793. The fourth-order valence-electron chi connectivity index (χ4n) is 2.69. The number of nitrogens with one attached hydrogen (secondary N) is 1. The van der Waals surface area contributed by atoms with Crippen LogP contribution in [0.2, 0.25) is 0 Å². The summed E-state index contributed by atoms with van der Waals surface area (Å²) in [5.74, 6) is 0. The Bertz CT molecular complexity index is 942. The lowest BCUT2D eigenvalue weighted by Crippen LogP contribution is -2.30. The van der Waals surface area contributed by atoms with Crippen LogP contribution in [-0.2, 0) is 11.2 Å². The second-order valence-electron chi connectivity index (χ2n) is 5.98. The van der Waals surface area contributed by atoms with Crippen LogP contribution in [0.15, 0.2) is 60.0 Å². The van der Waals surface area contributed by atoms with Crippen molar-refractivity contribution in [1.29, 1.82) is 0 Å². The highest BCUT2D eigenvalue weighted by molar-refractivity contribution is 7.10. The molecule has 0 fully saturated rings. The van der Waals surface area contributed by atoms with Crippen LogP contribution in [0.3, 0.4) is 0 Å². The molecule has 1 amide bonds. The van der Waals surface area contributed by atoms with Crippen LogP contribution in [0.4, 0.5) is 10.5 Å². The average Bonchev–Trinajstić information content (AvgIpc) is 3.19. The first-order valence-corrected chi connectivity index (χ1v) is 9.62. The van der Waals surface area contributed by atoms with Crippen molar-refractivity contribution in [1.82, 2.24) is 10.3 Å². The molecule has 28 heavy (non-hydrogen) atoms. The molecule has 0 aliphatic carbocycles. The summed E-state index contributed by atoms with van der Waals surface area (Å²) in [5.41, 5.74) is 2.71. The van der Waals surface area contributed by atoms with Crippen LogP contribution in [0.1, 0.15) is 23.5 Å². The number of nitro groups is 1. The largest absolute Gasteiger partial charge is 0.450 e. The van der Waals surface area contributed by atoms with Gasteiger partial charge in [0.1, 0.15) is 5.01 Å². The predicted molar refractivity (Wildman–Crippen MR) is 107 cm³/mol. The molecule has 1 aromatic heterocycles. The maximum absolute atomic E-state index is 12.0. The number of amides is 1. The minimum atomic E-state index is -0.522. The van der Waals surface area contributed by atoms with Crippen molar-refractivity contribution in [2.75, 3.05) is 6.61 Å². The first kappa shape index (κ1) is 19.5. The normalized spacial score (nSPS) is 11.6. The number of carbonyl (C=O) groups is 1.